The predicted molar refractivity (Wildman–Crippen MR) is 99.2 cm³/mol. The number of benzene rings is 1. The number of rotatable bonds is 5. The summed E-state index contributed by atoms with van der Waals surface area (Å²) in [4.78, 5) is 24.6. The summed E-state index contributed by atoms with van der Waals surface area (Å²) in [6.07, 6.45) is 4.79. The Morgan fingerprint density at radius 2 is 2.00 bits per heavy atom. The van der Waals surface area contributed by atoms with Gasteiger partial charge in [0.25, 0.3) is 5.91 Å². The summed E-state index contributed by atoms with van der Waals surface area (Å²) in [5.74, 6) is -0.0925. The van der Waals surface area contributed by atoms with E-state index in [1.807, 2.05) is 18.2 Å². The number of carbonyl (C=O) groups excluding carboxylic acids is 2. The molecule has 1 aromatic carbocycles. The molecule has 2 aliphatic rings. The molecule has 0 bridgehead atoms. The van der Waals surface area contributed by atoms with Crippen molar-refractivity contribution in [3.05, 3.63) is 59.0 Å². The zero-order valence-corrected chi connectivity index (χ0v) is 15.4. The summed E-state index contributed by atoms with van der Waals surface area (Å²) in [5.41, 5.74) is 1.64. The van der Waals surface area contributed by atoms with Crippen molar-refractivity contribution in [3.8, 4) is 0 Å². The lowest BCUT2D eigenvalue weighted by atomic mass is 9.86. The molecule has 0 saturated heterocycles. The zero-order valence-electron chi connectivity index (χ0n) is 14.6. The molecular weight excluding hydrogens is 368 g/mol. The van der Waals surface area contributed by atoms with Crippen LogP contribution in [0.15, 0.2) is 52.2 Å². The third-order valence-corrected chi connectivity index (χ3v) is 5.24. The monoisotopic (exact) mass is 386 g/mol. The summed E-state index contributed by atoms with van der Waals surface area (Å²) in [6.45, 7) is -0.316. The maximum Gasteiger partial charge on any atom is 0.309 e. The standard InChI is InChI=1S/C20H19ClN2O4/c21-15-8-6-13(7-9-15)16-11-17(18-5-2-10-26-18)23(22-16)19(24)12-27-20(25)14-3-1-4-14/h2,5-10,14,17H,1,3-4,11-12H2. The number of ether oxygens (including phenoxy) is 1. The second-order valence-corrected chi connectivity index (χ2v) is 7.20. The number of amides is 1. The molecule has 0 radical (unpaired) electrons. The number of nitrogens with zero attached hydrogens (tertiary/aromatic N) is 2. The summed E-state index contributed by atoms with van der Waals surface area (Å²) < 4.78 is 10.7. The van der Waals surface area contributed by atoms with E-state index >= 15 is 0 Å². The average molecular weight is 387 g/mol. The van der Waals surface area contributed by atoms with Crippen molar-refractivity contribution in [2.75, 3.05) is 6.61 Å². The fourth-order valence-electron chi connectivity index (χ4n) is 3.22. The molecule has 1 fully saturated rings. The summed E-state index contributed by atoms with van der Waals surface area (Å²) in [6, 6.07) is 10.5. The molecule has 1 amide bonds. The fourth-order valence-corrected chi connectivity index (χ4v) is 3.35. The van der Waals surface area contributed by atoms with E-state index in [0.717, 1.165) is 30.5 Å². The van der Waals surface area contributed by atoms with E-state index in [4.69, 9.17) is 20.8 Å². The van der Waals surface area contributed by atoms with Crippen molar-refractivity contribution in [2.45, 2.75) is 31.7 Å². The van der Waals surface area contributed by atoms with Gasteiger partial charge in [0, 0.05) is 11.4 Å². The van der Waals surface area contributed by atoms with Crippen molar-refractivity contribution < 1.29 is 18.7 Å². The van der Waals surface area contributed by atoms with E-state index in [9.17, 15) is 9.59 Å². The maximum atomic E-state index is 12.7. The highest BCUT2D eigenvalue weighted by atomic mass is 35.5. The molecule has 7 heteroatoms. The van der Waals surface area contributed by atoms with Gasteiger partial charge < -0.3 is 9.15 Å². The fraction of sp³-hybridized carbons (Fsp3) is 0.350. The van der Waals surface area contributed by atoms with E-state index in [2.05, 4.69) is 5.10 Å². The summed E-state index contributed by atoms with van der Waals surface area (Å²) in [7, 11) is 0. The summed E-state index contributed by atoms with van der Waals surface area (Å²) >= 11 is 5.95. The van der Waals surface area contributed by atoms with Gasteiger partial charge in [0.2, 0.25) is 0 Å². The van der Waals surface area contributed by atoms with E-state index in [1.165, 1.54) is 5.01 Å². The molecule has 2 aromatic rings. The summed E-state index contributed by atoms with van der Waals surface area (Å²) in [5, 5.41) is 6.48. The number of halogens is 1. The molecule has 27 heavy (non-hydrogen) atoms. The van der Waals surface area contributed by atoms with E-state index in [0.29, 0.717) is 17.2 Å². The Balaban J connectivity index is 1.51. The van der Waals surface area contributed by atoms with E-state index in [-0.39, 0.29) is 30.4 Å². The number of hydrogen-bond donors (Lipinski definition) is 0. The Hall–Kier alpha value is -2.60. The van der Waals surface area contributed by atoms with Crippen molar-refractivity contribution in [2.24, 2.45) is 11.0 Å². The normalized spacial score (nSPS) is 19.5. The van der Waals surface area contributed by atoms with E-state index in [1.54, 1.807) is 24.5 Å². The number of carbonyl (C=O) groups is 2. The second kappa shape index (κ2) is 7.56. The minimum absolute atomic E-state index is 0.0645. The van der Waals surface area contributed by atoms with Crippen LogP contribution < -0.4 is 0 Å². The van der Waals surface area contributed by atoms with Crippen LogP contribution in [0.25, 0.3) is 0 Å². The third-order valence-electron chi connectivity index (χ3n) is 4.99. The van der Waals surface area contributed by atoms with Crippen LogP contribution >= 0.6 is 11.6 Å². The molecule has 1 unspecified atom stereocenters. The lowest BCUT2D eigenvalue weighted by molar-refractivity contribution is -0.158. The minimum atomic E-state index is -0.368. The minimum Gasteiger partial charge on any atom is -0.467 e. The number of hydrazone groups is 1. The topological polar surface area (TPSA) is 72.1 Å². The highest BCUT2D eigenvalue weighted by Crippen LogP contribution is 2.33. The lowest BCUT2D eigenvalue weighted by Gasteiger charge is -2.24. The Bertz CT molecular complexity index is 857. The van der Waals surface area contributed by atoms with Crippen molar-refractivity contribution >= 4 is 29.2 Å². The van der Waals surface area contributed by atoms with Crippen LogP contribution in [0.4, 0.5) is 0 Å². The van der Waals surface area contributed by atoms with Gasteiger partial charge in [-0.3, -0.25) is 9.59 Å². The third kappa shape index (κ3) is 3.76. The number of hydrogen-bond acceptors (Lipinski definition) is 5. The molecule has 2 heterocycles. The van der Waals surface area contributed by atoms with Gasteiger partial charge in [-0.1, -0.05) is 30.2 Å². The Labute approximate surface area is 161 Å². The maximum absolute atomic E-state index is 12.7. The zero-order chi connectivity index (χ0) is 18.8. The largest absolute Gasteiger partial charge is 0.467 e. The van der Waals surface area contributed by atoms with Gasteiger partial charge in [-0.2, -0.15) is 5.10 Å². The Morgan fingerprint density at radius 1 is 1.22 bits per heavy atom. The first kappa shape index (κ1) is 17.8. The number of furan rings is 1. The molecule has 1 saturated carbocycles. The lowest BCUT2D eigenvalue weighted by Crippen LogP contribution is -2.33. The van der Waals surface area contributed by atoms with Crippen LogP contribution in [0.2, 0.25) is 5.02 Å². The van der Waals surface area contributed by atoms with Crippen LogP contribution in [0.5, 0.6) is 0 Å². The van der Waals surface area contributed by atoms with Gasteiger partial charge in [0.05, 0.1) is 17.9 Å². The van der Waals surface area contributed by atoms with Gasteiger partial charge in [0.15, 0.2) is 6.61 Å². The van der Waals surface area contributed by atoms with Gasteiger partial charge >= 0.3 is 5.97 Å². The SMILES string of the molecule is O=C(OCC(=O)N1N=C(c2ccc(Cl)cc2)CC1c1ccco1)C1CCC1. The van der Waals surface area contributed by atoms with Crippen LogP contribution in [0, 0.1) is 5.92 Å². The van der Waals surface area contributed by atoms with Gasteiger partial charge in [0.1, 0.15) is 11.8 Å². The highest BCUT2D eigenvalue weighted by molar-refractivity contribution is 6.30. The van der Waals surface area contributed by atoms with Gasteiger partial charge in [-0.15, -0.1) is 0 Å². The second-order valence-electron chi connectivity index (χ2n) is 6.76. The molecule has 1 aliphatic carbocycles. The van der Waals surface area contributed by atoms with Crippen LogP contribution in [-0.4, -0.2) is 29.2 Å². The van der Waals surface area contributed by atoms with Crippen LogP contribution in [-0.2, 0) is 14.3 Å². The molecule has 1 aromatic heterocycles. The molecular formula is C20H19ClN2O4. The highest BCUT2D eigenvalue weighted by Gasteiger charge is 2.36. The van der Waals surface area contributed by atoms with Crippen molar-refractivity contribution in [1.29, 1.82) is 0 Å². The Kier molecular flexibility index (Phi) is 4.99. The van der Waals surface area contributed by atoms with Crippen LogP contribution in [0.3, 0.4) is 0 Å². The molecule has 0 spiro atoms. The first-order valence-electron chi connectivity index (χ1n) is 8.97. The van der Waals surface area contributed by atoms with Crippen molar-refractivity contribution in [3.63, 3.8) is 0 Å². The van der Waals surface area contributed by atoms with Gasteiger partial charge in [-0.25, -0.2) is 5.01 Å². The van der Waals surface area contributed by atoms with Crippen molar-refractivity contribution in [1.82, 2.24) is 5.01 Å². The molecule has 1 atom stereocenters. The Morgan fingerprint density at radius 3 is 2.63 bits per heavy atom. The molecule has 140 valence electrons. The molecule has 4 rings (SSSR count). The molecule has 6 nitrogen and oxygen atoms in total. The van der Waals surface area contributed by atoms with Gasteiger partial charge in [-0.05, 0) is 42.7 Å². The molecule has 0 N–H and O–H groups in total. The molecule has 1 aliphatic heterocycles. The first-order valence-corrected chi connectivity index (χ1v) is 9.35. The average Bonchev–Trinajstić information content (AvgIpc) is 3.28. The van der Waals surface area contributed by atoms with Crippen LogP contribution in [0.1, 0.15) is 43.0 Å². The quantitative estimate of drug-likeness (QED) is 0.729. The van der Waals surface area contributed by atoms with E-state index < -0.39 is 0 Å². The smallest absolute Gasteiger partial charge is 0.309 e. The predicted octanol–water partition coefficient (Wildman–Crippen LogP) is 3.95. The first-order chi connectivity index (χ1) is 13.1. The number of esters is 1.